The van der Waals surface area contributed by atoms with E-state index in [9.17, 15) is 14.4 Å². The fourth-order valence-electron chi connectivity index (χ4n) is 3.14. The first kappa shape index (κ1) is 31.3. The lowest BCUT2D eigenvalue weighted by molar-refractivity contribution is -0.144. The minimum Gasteiger partial charge on any atom is -0.490 e. The number of benzene rings is 1. The van der Waals surface area contributed by atoms with Crippen LogP contribution < -0.4 is 21.1 Å². The number of rotatable bonds is 18. The molecule has 1 aromatic rings. The summed E-state index contributed by atoms with van der Waals surface area (Å²) in [5.41, 5.74) is 6.32. The zero-order valence-corrected chi connectivity index (χ0v) is 22.1. The van der Waals surface area contributed by atoms with E-state index in [1.165, 1.54) is 26.4 Å². The number of hydrogen-bond acceptors (Lipinski definition) is 8. The molecular formula is C25H37BN3O6S. The van der Waals surface area contributed by atoms with Crippen LogP contribution in [-0.2, 0) is 30.2 Å². The summed E-state index contributed by atoms with van der Waals surface area (Å²) in [5.74, 6) is -0.770. The average Bonchev–Trinajstić information content (AvgIpc) is 2.87. The lowest BCUT2D eigenvalue weighted by Gasteiger charge is -2.26. The highest BCUT2D eigenvalue weighted by molar-refractivity contribution is 7.99. The van der Waals surface area contributed by atoms with Gasteiger partial charge in [-0.05, 0) is 30.0 Å². The summed E-state index contributed by atoms with van der Waals surface area (Å²) in [4.78, 5) is 38.4. The van der Waals surface area contributed by atoms with Gasteiger partial charge in [0.1, 0.15) is 24.4 Å². The molecule has 0 unspecified atom stereocenters. The van der Waals surface area contributed by atoms with Crippen molar-refractivity contribution in [1.82, 2.24) is 10.6 Å². The largest absolute Gasteiger partial charge is 0.490 e. The Morgan fingerprint density at radius 1 is 1.11 bits per heavy atom. The molecule has 0 aliphatic rings. The molecule has 0 aliphatic carbocycles. The van der Waals surface area contributed by atoms with Gasteiger partial charge in [0.15, 0.2) is 0 Å². The molecule has 0 aliphatic heterocycles. The SMILES string of the molecule is C=CCOc1ccc(C[C@H]([B]OCN)C(=O)N[C@H](C(=O)N[C@@H](CSCC=C)C(=O)OC)C(C)C)cc1. The number of ether oxygens (including phenoxy) is 2. The van der Waals surface area contributed by atoms with Crippen LogP contribution in [0.1, 0.15) is 19.4 Å². The molecule has 0 aromatic heterocycles. The molecule has 11 heteroatoms. The number of thioether (sulfide) groups is 1. The molecule has 36 heavy (non-hydrogen) atoms. The summed E-state index contributed by atoms with van der Waals surface area (Å²) in [6, 6.07) is 5.58. The number of esters is 1. The summed E-state index contributed by atoms with van der Waals surface area (Å²) in [6.07, 6.45) is 3.69. The molecule has 1 radical (unpaired) electrons. The van der Waals surface area contributed by atoms with Gasteiger partial charge in [0, 0.05) is 17.3 Å². The molecule has 0 bridgehead atoms. The second-order valence-electron chi connectivity index (χ2n) is 8.16. The van der Waals surface area contributed by atoms with Crippen LogP contribution in [0.2, 0.25) is 5.82 Å². The first-order chi connectivity index (χ1) is 17.3. The molecule has 1 aromatic carbocycles. The molecule has 0 saturated heterocycles. The van der Waals surface area contributed by atoms with Crippen LogP contribution in [0.5, 0.6) is 5.75 Å². The van der Waals surface area contributed by atoms with E-state index < -0.39 is 35.7 Å². The van der Waals surface area contributed by atoms with Crippen molar-refractivity contribution in [2.24, 2.45) is 11.7 Å². The van der Waals surface area contributed by atoms with Gasteiger partial charge in [-0.15, -0.1) is 6.58 Å². The van der Waals surface area contributed by atoms with Gasteiger partial charge in [-0.2, -0.15) is 11.8 Å². The van der Waals surface area contributed by atoms with E-state index in [2.05, 4.69) is 23.8 Å². The quantitative estimate of drug-likeness (QED) is 0.0883. The lowest BCUT2D eigenvalue weighted by Crippen LogP contribution is -2.55. The first-order valence-electron chi connectivity index (χ1n) is 11.6. The molecule has 3 atom stereocenters. The number of nitrogens with one attached hydrogen (secondary N) is 2. The fraction of sp³-hybridized carbons (Fsp3) is 0.480. The van der Waals surface area contributed by atoms with Gasteiger partial charge in [-0.25, -0.2) is 4.79 Å². The van der Waals surface area contributed by atoms with Gasteiger partial charge in [0.2, 0.25) is 11.8 Å². The van der Waals surface area contributed by atoms with Gasteiger partial charge < -0.3 is 30.5 Å². The van der Waals surface area contributed by atoms with E-state index in [0.717, 1.165) is 5.56 Å². The number of carbonyl (C=O) groups is 3. The molecular weight excluding hydrogens is 481 g/mol. The Kier molecular flexibility index (Phi) is 15.3. The highest BCUT2D eigenvalue weighted by Crippen LogP contribution is 2.19. The van der Waals surface area contributed by atoms with Gasteiger partial charge in [-0.1, -0.05) is 44.7 Å². The van der Waals surface area contributed by atoms with Gasteiger partial charge in [0.05, 0.1) is 13.8 Å². The third-order valence-corrected chi connectivity index (χ3v) is 6.05. The van der Waals surface area contributed by atoms with Crippen molar-refractivity contribution in [3.05, 3.63) is 55.1 Å². The Hall–Kier alpha value is -2.76. The van der Waals surface area contributed by atoms with E-state index in [1.807, 2.05) is 12.1 Å². The molecule has 0 heterocycles. The number of hydrogen-bond donors (Lipinski definition) is 3. The summed E-state index contributed by atoms with van der Waals surface area (Å²) >= 11 is 1.43. The maximum absolute atomic E-state index is 13.2. The van der Waals surface area contributed by atoms with Crippen LogP contribution >= 0.6 is 11.8 Å². The number of methoxy groups -OCH3 is 1. The Labute approximate surface area is 218 Å². The Bertz CT molecular complexity index is 853. The van der Waals surface area contributed by atoms with E-state index in [-0.39, 0.29) is 12.6 Å². The Morgan fingerprint density at radius 2 is 1.81 bits per heavy atom. The minimum absolute atomic E-state index is 0.0879. The maximum Gasteiger partial charge on any atom is 0.329 e. The van der Waals surface area contributed by atoms with Crippen molar-refractivity contribution in [2.75, 3.05) is 32.0 Å². The summed E-state index contributed by atoms with van der Waals surface area (Å²) in [6.45, 7) is 11.2. The monoisotopic (exact) mass is 518 g/mol. The maximum atomic E-state index is 13.2. The van der Waals surface area contributed by atoms with Crippen molar-refractivity contribution in [3.8, 4) is 5.75 Å². The van der Waals surface area contributed by atoms with Crippen LogP contribution in [0, 0.1) is 5.92 Å². The van der Waals surface area contributed by atoms with Gasteiger partial charge in [-0.3, -0.25) is 9.59 Å². The van der Waals surface area contributed by atoms with Gasteiger partial charge in [0.25, 0.3) is 0 Å². The van der Waals surface area contributed by atoms with E-state index in [4.69, 9.17) is 19.9 Å². The molecule has 9 nitrogen and oxygen atoms in total. The van der Waals surface area contributed by atoms with Crippen molar-refractivity contribution in [3.63, 3.8) is 0 Å². The second-order valence-corrected chi connectivity index (χ2v) is 9.24. The summed E-state index contributed by atoms with van der Waals surface area (Å²) in [7, 11) is 2.63. The third kappa shape index (κ3) is 11.3. The molecule has 197 valence electrons. The zero-order chi connectivity index (χ0) is 26.9. The Balaban J connectivity index is 2.93. The fourth-order valence-corrected chi connectivity index (χ4v) is 3.90. The highest BCUT2D eigenvalue weighted by Gasteiger charge is 2.31. The average molecular weight is 518 g/mol. The van der Waals surface area contributed by atoms with Crippen molar-refractivity contribution < 1.29 is 28.5 Å². The van der Waals surface area contributed by atoms with Crippen molar-refractivity contribution >= 4 is 37.0 Å². The van der Waals surface area contributed by atoms with E-state index in [0.29, 0.717) is 30.3 Å². The summed E-state index contributed by atoms with van der Waals surface area (Å²) < 4.78 is 15.5. The standard InChI is InChI=1S/C25H37BN3O6S/c1-6-12-34-19-10-8-18(9-11-19)14-20(26-35-16-27)23(30)29-22(17(3)4)24(31)28-21(25(32)33-5)15-36-13-7-2/h6-11,17,20-22H,1-2,12-16,27H2,3-5H3,(H,28,31)(H,29,30)/t20-,21-,22-/m0/s1. The molecule has 0 spiro atoms. The molecule has 0 saturated carbocycles. The predicted octanol–water partition coefficient (Wildman–Crippen LogP) is 1.85. The Morgan fingerprint density at radius 3 is 2.36 bits per heavy atom. The first-order valence-corrected chi connectivity index (χ1v) is 12.8. The van der Waals surface area contributed by atoms with Crippen molar-refractivity contribution in [2.45, 2.75) is 38.2 Å². The van der Waals surface area contributed by atoms with Crippen LogP contribution in [0.4, 0.5) is 0 Å². The number of carbonyl (C=O) groups excluding carboxylic acids is 3. The van der Waals surface area contributed by atoms with Crippen LogP contribution in [0.15, 0.2) is 49.6 Å². The lowest BCUT2D eigenvalue weighted by atomic mass is 9.75. The summed E-state index contributed by atoms with van der Waals surface area (Å²) in [5, 5.41) is 5.50. The zero-order valence-electron chi connectivity index (χ0n) is 21.2. The molecule has 2 amide bonds. The van der Waals surface area contributed by atoms with E-state index in [1.54, 1.807) is 38.1 Å². The van der Waals surface area contributed by atoms with Crippen molar-refractivity contribution in [1.29, 1.82) is 0 Å². The topological polar surface area (TPSA) is 129 Å². The van der Waals surface area contributed by atoms with Crippen LogP contribution in [0.3, 0.4) is 0 Å². The predicted molar refractivity (Wildman–Crippen MR) is 144 cm³/mol. The second kappa shape index (κ2) is 17.6. The normalized spacial score (nSPS) is 13.1. The van der Waals surface area contributed by atoms with Crippen LogP contribution in [0.25, 0.3) is 0 Å². The number of amides is 2. The third-order valence-electron chi connectivity index (χ3n) is 5.01. The van der Waals surface area contributed by atoms with Crippen LogP contribution in [-0.4, -0.2) is 69.3 Å². The molecule has 0 fully saturated rings. The smallest absolute Gasteiger partial charge is 0.329 e. The molecule has 4 N–H and O–H groups in total. The number of nitrogens with two attached hydrogens (primary N) is 1. The highest BCUT2D eigenvalue weighted by atomic mass is 32.2. The van der Waals surface area contributed by atoms with Gasteiger partial charge >= 0.3 is 13.5 Å². The molecule has 1 rings (SSSR count). The minimum atomic E-state index is -0.877. The van der Waals surface area contributed by atoms with E-state index >= 15 is 0 Å².